The first kappa shape index (κ1) is 25.7. The lowest BCUT2D eigenvalue weighted by molar-refractivity contribution is -0.157. The van der Waals surface area contributed by atoms with Gasteiger partial charge in [0.15, 0.2) is 0 Å². The maximum atomic E-state index is 13.6. The Hall–Kier alpha value is -2.96. The number of esters is 1. The first-order chi connectivity index (χ1) is 16.0. The van der Waals surface area contributed by atoms with Crippen LogP contribution in [0.25, 0.3) is 28.1 Å². The van der Waals surface area contributed by atoms with Gasteiger partial charge in [-0.15, -0.1) is 0 Å². The first-order valence-electron chi connectivity index (χ1n) is 11.6. The molecule has 0 amide bonds. The smallest absolute Gasteiger partial charge is 0.308 e. The van der Waals surface area contributed by atoms with Gasteiger partial charge in [0.2, 0.25) is 0 Å². The van der Waals surface area contributed by atoms with Gasteiger partial charge in [-0.2, -0.15) is 0 Å². The summed E-state index contributed by atoms with van der Waals surface area (Å²) < 4.78 is 21.0. The molecule has 34 heavy (non-hydrogen) atoms. The Morgan fingerprint density at radius 3 is 2.35 bits per heavy atom. The Bertz CT molecular complexity index is 1160. The quantitative estimate of drug-likeness (QED) is 0.406. The molecule has 5 nitrogen and oxygen atoms in total. The van der Waals surface area contributed by atoms with Gasteiger partial charge in [0.05, 0.1) is 18.6 Å². The van der Waals surface area contributed by atoms with Crippen LogP contribution < -0.4 is 0 Å². The Morgan fingerprint density at radius 1 is 1.09 bits per heavy atom. The van der Waals surface area contributed by atoms with Crippen molar-refractivity contribution in [2.45, 2.75) is 71.3 Å². The molecule has 0 saturated carbocycles. The van der Waals surface area contributed by atoms with Gasteiger partial charge in [0.25, 0.3) is 0 Å². The third kappa shape index (κ3) is 6.33. The van der Waals surface area contributed by atoms with E-state index in [1.807, 2.05) is 30.3 Å². The van der Waals surface area contributed by atoms with Crippen LogP contribution in [0.5, 0.6) is 0 Å². The number of ether oxygens (including phenoxy) is 1. The predicted octanol–water partition coefficient (Wildman–Crippen LogP) is 5.89. The lowest BCUT2D eigenvalue weighted by atomic mass is 10.0. The summed E-state index contributed by atoms with van der Waals surface area (Å²) in [7, 11) is 0. The molecule has 0 spiro atoms. The predicted molar refractivity (Wildman–Crippen MR) is 134 cm³/mol. The van der Waals surface area contributed by atoms with Crippen molar-refractivity contribution in [2.75, 3.05) is 0 Å². The number of hydrogen-bond donors (Lipinski definition) is 2. The van der Waals surface area contributed by atoms with Crippen LogP contribution in [0.3, 0.4) is 0 Å². The molecule has 2 N–H and O–H groups in total. The Kier molecular flexibility index (Phi) is 7.95. The average molecular weight is 468 g/mol. The van der Waals surface area contributed by atoms with Gasteiger partial charge in [-0.1, -0.05) is 36.4 Å². The number of rotatable bonds is 8. The number of aromatic nitrogens is 1. The molecule has 0 aliphatic carbocycles. The molecule has 0 bridgehead atoms. The number of halogens is 1. The van der Waals surface area contributed by atoms with Crippen LogP contribution in [0, 0.1) is 5.82 Å². The maximum absolute atomic E-state index is 13.6. The lowest BCUT2D eigenvalue weighted by Crippen LogP contribution is -2.27. The number of aliphatic hydroxyl groups is 2. The summed E-state index contributed by atoms with van der Waals surface area (Å²) in [5.41, 5.74) is 3.11. The van der Waals surface area contributed by atoms with Gasteiger partial charge in [0.1, 0.15) is 11.4 Å². The minimum atomic E-state index is -1.03. The molecular formula is C28H34FNO4. The number of benzene rings is 2. The highest BCUT2D eigenvalue weighted by Gasteiger charge is 2.22. The summed E-state index contributed by atoms with van der Waals surface area (Å²) in [4.78, 5) is 12.0. The van der Waals surface area contributed by atoms with Crippen molar-refractivity contribution in [3.8, 4) is 11.1 Å². The number of aliphatic hydroxyl groups excluding tert-OH is 2. The minimum absolute atomic E-state index is 0.00350. The van der Waals surface area contributed by atoms with Gasteiger partial charge in [-0.05, 0) is 64.5 Å². The highest BCUT2D eigenvalue weighted by atomic mass is 19.1. The number of nitrogens with zero attached hydrogens (tertiary/aromatic N) is 1. The SMILES string of the molecule is CC(C)n1c(/C=C/[C@H](O)C[C@@H](O)CC(=O)OC(C)(C)C)c(-c2ccc(F)cc2)c2ccccc21. The monoisotopic (exact) mass is 467 g/mol. The molecule has 1 heterocycles. The number of carbonyl (C=O) groups is 1. The molecule has 2 atom stereocenters. The van der Waals surface area contributed by atoms with E-state index in [9.17, 15) is 19.4 Å². The zero-order valence-corrected chi connectivity index (χ0v) is 20.5. The van der Waals surface area contributed by atoms with Gasteiger partial charge in [0, 0.05) is 34.6 Å². The second-order valence-electron chi connectivity index (χ2n) is 9.85. The summed E-state index contributed by atoms with van der Waals surface area (Å²) in [5.74, 6) is -0.808. The van der Waals surface area contributed by atoms with E-state index in [0.29, 0.717) is 0 Å². The third-order valence-corrected chi connectivity index (χ3v) is 5.41. The normalized spacial score (nSPS) is 14.1. The zero-order valence-electron chi connectivity index (χ0n) is 20.5. The molecule has 0 aliphatic rings. The van der Waals surface area contributed by atoms with Crippen LogP contribution in [-0.4, -0.2) is 38.6 Å². The van der Waals surface area contributed by atoms with Crippen molar-refractivity contribution in [1.82, 2.24) is 4.57 Å². The Balaban J connectivity index is 1.91. The molecule has 182 valence electrons. The molecule has 3 rings (SSSR count). The molecule has 0 saturated heterocycles. The fraction of sp³-hybridized carbons (Fsp3) is 0.393. The molecule has 2 aromatic carbocycles. The van der Waals surface area contributed by atoms with Crippen LogP contribution in [0.1, 0.15) is 59.2 Å². The van der Waals surface area contributed by atoms with Crippen LogP contribution in [-0.2, 0) is 9.53 Å². The fourth-order valence-electron chi connectivity index (χ4n) is 4.14. The standard InChI is InChI=1S/C28H34FNO4/c1-18(2)30-24-9-7-6-8-23(24)27(19-10-12-20(29)13-11-19)25(30)15-14-21(31)16-22(32)17-26(33)34-28(3,4)5/h6-15,18,21-22,31-32H,16-17H2,1-5H3/b15-14+/t21-,22+/m0/s1. The van der Waals surface area contributed by atoms with Crippen molar-refractivity contribution >= 4 is 22.9 Å². The number of carbonyl (C=O) groups excluding carboxylic acids is 1. The molecule has 0 aliphatic heterocycles. The zero-order chi connectivity index (χ0) is 25.0. The van der Waals surface area contributed by atoms with E-state index >= 15 is 0 Å². The van der Waals surface area contributed by atoms with Crippen LogP contribution >= 0.6 is 0 Å². The molecule has 3 aromatic rings. The Morgan fingerprint density at radius 2 is 1.74 bits per heavy atom. The molecule has 6 heteroatoms. The van der Waals surface area contributed by atoms with Gasteiger partial charge in [-0.3, -0.25) is 4.79 Å². The first-order valence-corrected chi connectivity index (χ1v) is 11.6. The second-order valence-corrected chi connectivity index (χ2v) is 9.85. The van der Waals surface area contributed by atoms with E-state index in [-0.39, 0.29) is 24.7 Å². The third-order valence-electron chi connectivity index (χ3n) is 5.41. The van der Waals surface area contributed by atoms with Crippen LogP contribution in [0.4, 0.5) is 4.39 Å². The van der Waals surface area contributed by atoms with E-state index in [1.165, 1.54) is 12.1 Å². The topological polar surface area (TPSA) is 71.7 Å². The molecule has 0 radical (unpaired) electrons. The number of hydrogen-bond acceptors (Lipinski definition) is 4. The van der Waals surface area contributed by atoms with Gasteiger partial charge >= 0.3 is 5.97 Å². The van der Waals surface area contributed by atoms with Crippen molar-refractivity contribution in [2.24, 2.45) is 0 Å². The van der Waals surface area contributed by atoms with E-state index in [0.717, 1.165) is 27.7 Å². The summed E-state index contributed by atoms with van der Waals surface area (Å²) in [5, 5.41) is 21.9. The summed E-state index contributed by atoms with van der Waals surface area (Å²) in [6.07, 6.45) is 1.29. The van der Waals surface area contributed by atoms with E-state index < -0.39 is 23.8 Å². The highest BCUT2D eigenvalue weighted by molar-refractivity contribution is 6.01. The number of fused-ring (bicyclic) bond motifs is 1. The van der Waals surface area contributed by atoms with Gasteiger partial charge < -0.3 is 19.5 Å². The fourth-order valence-corrected chi connectivity index (χ4v) is 4.14. The van der Waals surface area contributed by atoms with Crippen LogP contribution in [0.15, 0.2) is 54.6 Å². The minimum Gasteiger partial charge on any atom is -0.460 e. The van der Waals surface area contributed by atoms with E-state index in [4.69, 9.17) is 4.74 Å². The highest BCUT2D eigenvalue weighted by Crippen LogP contribution is 2.38. The van der Waals surface area contributed by atoms with E-state index in [2.05, 4.69) is 18.4 Å². The van der Waals surface area contributed by atoms with Crippen LogP contribution in [0.2, 0.25) is 0 Å². The summed E-state index contributed by atoms with van der Waals surface area (Å²) in [6.45, 7) is 9.46. The van der Waals surface area contributed by atoms with E-state index in [1.54, 1.807) is 39.0 Å². The molecule has 1 aromatic heterocycles. The maximum Gasteiger partial charge on any atom is 0.308 e. The largest absolute Gasteiger partial charge is 0.460 e. The van der Waals surface area contributed by atoms with Crippen molar-refractivity contribution in [1.29, 1.82) is 0 Å². The Labute approximate surface area is 200 Å². The molecular weight excluding hydrogens is 433 g/mol. The second kappa shape index (κ2) is 10.5. The van der Waals surface area contributed by atoms with Crippen molar-refractivity contribution in [3.63, 3.8) is 0 Å². The molecule has 0 unspecified atom stereocenters. The van der Waals surface area contributed by atoms with Crippen molar-refractivity contribution in [3.05, 3.63) is 66.1 Å². The molecule has 0 fully saturated rings. The number of para-hydroxylation sites is 1. The summed E-state index contributed by atoms with van der Waals surface area (Å²) in [6, 6.07) is 14.5. The van der Waals surface area contributed by atoms with Crippen molar-refractivity contribution < 1.29 is 24.1 Å². The van der Waals surface area contributed by atoms with Gasteiger partial charge in [-0.25, -0.2) is 4.39 Å². The summed E-state index contributed by atoms with van der Waals surface area (Å²) >= 11 is 0. The lowest BCUT2D eigenvalue weighted by Gasteiger charge is -2.21. The average Bonchev–Trinajstić information content (AvgIpc) is 3.05.